The number of Topliss-reactive ketones (excluding diaryl/α,β-unsaturated/α-hetero) is 1. The van der Waals surface area contributed by atoms with Crippen molar-refractivity contribution in [3.8, 4) is 17.6 Å². The molecule has 5 aromatic rings. The number of aromatic hydroxyl groups is 1. The van der Waals surface area contributed by atoms with Crippen LogP contribution in [0, 0.1) is 13.8 Å². The molecule has 230 valence electrons. The standard InChI is InChI=1S/C24H24N16O5/c1-10-17(31-33-21-12(14(42)9-41)7-27-37(21)3)19(25)39(35-10)15-6-16(30-24(44)29-15)40-20(26)18(11(2)36-40)32-34-22-13(23(43)45-5)8-28-38(22)4/h6-9H,25-26H2,1-5H3,(H,29,30,44)/b33-31+,34-32+. The second-order valence-electron chi connectivity index (χ2n) is 9.23. The first-order chi connectivity index (χ1) is 21.4. The monoisotopic (exact) mass is 616 g/mol. The summed E-state index contributed by atoms with van der Waals surface area (Å²) in [7, 11) is 4.33. The summed E-state index contributed by atoms with van der Waals surface area (Å²) in [5, 5.41) is 43.5. The number of esters is 1. The Labute approximate surface area is 251 Å². The molecule has 5 rings (SSSR count). The van der Waals surface area contributed by atoms with Gasteiger partial charge in [0, 0.05) is 20.2 Å². The zero-order valence-electron chi connectivity index (χ0n) is 24.3. The Bertz CT molecular complexity index is 2050. The number of methoxy groups -OCH3 is 1. The molecule has 0 bridgehead atoms. The molecule has 21 heteroatoms. The smallest absolute Gasteiger partial charge is 0.343 e. The number of rotatable bonds is 9. The van der Waals surface area contributed by atoms with Crippen LogP contribution in [0.15, 0.2) is 38.9 Å². The number of nitrogen functional groups attached to an aromatic ring is 2. The van der Waals surface area contributed by atoms with E-state index in [1.165, 1.54) is 51.3 Å². The quantitative estimate of drug-likeness (QED) is 0.0701. The second-order valence-corrected chi connectivity index (χ2v) is 9.23. The second kappa shape index (κ2) is 11.5. The van der Waals surface area contributed by atoms with E-state index in [2.05, 4.69) is 50.8 Å². The molecule has 5 heterocycles. The third-order valence-electron chi connectivity index (χ3n) is 6.33. The fourth-order valence-corrected chi connectivity index (χ4v) is 4.08. The molecule has 0 aliphatic rings. The molecule has 0 atom stereocenters. The highest BCUT2D eigenvalue weighted by atomic mass is 16.5. The molecule has 0 radical (unpaired) electrons. The number of aldehydes is 1. The van der Waals surface area contributed by atoms with E-state index in [1.807, 2.05) is 0 Å². The summed E-state index contributed by atoms with van der Waals surface area (Å²) < 4.78 is 9.73. The van der Waals surface area contributed by atoms with Gasteiger partial charge in [-0.3, -0.25) is 9.59 Å². The predicted octanol–water partition coefficient (Wildman–Crippen LogP) is 1.80. The van der Waals surface area contributed by atoms with Crippen LogP contribution in [-0.4, -0.2) is 79.3 Å². The Morgan fingerprint density at radius 1 is 0.844 bits per heavy atom. The summed E-state index contributed by atoms with van der Waals surface area (Å²) in [4.78, 5) is 43.0. The molecule has 21 nitrogen and oxygen atoms in total. The molecule has 0 fully saturated rings. The van der Waals surface area contributed by atoms with Crippen LogP contribution in [0.3, 0.4) is 0 Å². The van der Waals surface area contributed by atoms with Crippen LogP contribution in [0.1, 0.15) is 32.1 Å². The topological polar surface area (TPSA) is 279 Å². The van der Waals surface area contributed by atoms with Crippen molar-refractivity contribution in [2.24, 2.45) is 34.6 Å². The maximum atomic E-state index is 12.1. The lowest BCUT2D eigenvalue weighted by Gasteiger charge is -2.07. The third kappa shape index (κ3) is 5.35. The molecule has 45 heavy (non-hydrogen) atoms. The highest BCUT2D eigenvalue weighted by Crippen LogP contribution is 2.34. The minimum Gasteiger partial charge on any atom is -0.479 e. The highest BCUT2D eigenvalue weighted by molar-refractivity contribution is 6.34. The van der Waals surface area contributed by atoms with Crippen LogP contribution in [0.2, 0.25) is 0 Å². The first-order valence-electron chi connectivity index (χ1n) is 12.7. The summed E-state index contributed by atoms with van der Waals surface area (Å²) >= 11 is 0. The van der Waals surface area contributed by atoms with Gasteiger partial charge in [-0.15, -0.1) is 20.5 Å². The first kappa shape index (κ1) is 29.8. The maximum absolute atomic E-state index is 12.1. The van der Waals surface area contributed by atoms with Crippen molar-refractivity contribution in [3.63, 3.8) is 0 Å². The highest BCUT2D eigenvalue weighted by Gasteiger charge is 2.22. The fraction of sp³-hybridized carbons (Fsp3) is 0.208. The third-order valence-corrected chi connectivity index (χ3v) is 6.33. The van der Waals surface area contributed by atoms with Crippen molar-refractivity contribution < 1.29 is 24.2 Å². The van der Waals surface area contributed by atoms with Gasteiger partial charge < -0.3 is 21.3 Å². The van der Waals surface area contributed by atoms with Crippen LogP contribution in [-0.2, 0) is 23.6 Å². The average molecular weight is 617 g/mol. The van der Waals surface area contributed by atoms with Crippen LogP contribution in [0.5, 0.6) is 6.01 Å². The van der Waals surface area contributed by atoms with Gasteiger partial charge in [0.15, 0.2) is 52.6 Å². The number of ether oxygens (including phenoxy) is 1. The molecular weight excluding hydrogens is 592 g/mol. The van der Waals surface area contributed by atoms with Crippen LogP contribution in [0.25, 0.3) is 11.6 Å². The van der Waals surface area contributed by atoms with Crippen molar-refractivity contribution in [1.29, 1.82) is 0 Å². The molecule has 0 spiro atoms. The van der Waals surface area contributed by atoms with Crippen molar-refractivity contribution in [1.82, 2.24) is 49.1 Å². The maximum Gasteiger partial charge on any atom is 0.343 e. The van der Waals surface area contributed by atoms with Gasteiger partial charge in [-0.1, -0.05) is 0 Å². The largest absolute Gasteiger partial charge is 0.479 e. The van der Waals surface area contributed by atoms with E-state index in [-0.39, 0.29) is 63.7 Å². The van der Waals surface area contributed by atoms with Gasteiger partial charge in [0.1, 0.15) is 5.56 Å². The van der Waals surface area contributed by atoms with Gasteiger partial charge in [-0.25, -0.2) is 14.2 Å². The Balaban J connectivity index is 1.50. The van der Waals surface area contributed by atoms with Gasteiger partial charge in [0.2, 0.25) is 5.78 Å². The number of hydrogen-bond acceptors (Lipinski definition) is 17. The van der Waals surface area contributed by atoms with E-state index in [0.29, 0.717) is 11.4 Å². The number of azo groups is 2. The summed E-state index contributed by atoms with van der Waals surface area (Å²) in [5.41, 5.74) is 13.7. The van der Waals surface area contributed by atoms with Gasteiger partial charge in [-0.05, 0) is 13.8 Å². The molecule has 5 aromatic heterocycles. The molecule has 0 saturated carbocycles. The zero-order valence-corrected chi connectivity index (χ0v) is 24.3. The predicted molar refractivity (Wildman–Crippen MR) is 153 cm³/mol. The Morgan fingerprint density at radius 3 is 1.78 bits per heavy atom. The molecule has 0 amide bonds. The number of nitrogens with two attached hydrogens (primary N) is 2. The molecular formula is C24H24N16O5. The molecule has 5 N–H and O–H groups in total. The number of carbonyl (C=O) groups excluding carboxylic acids is 3. The van der Waals surface area contributed by atoms with Crippen molar-refractivity contribution in [3.05, 3.63) is 41.0 Å². The molecule has 0 aliphatic heterocycles. The van der Waals surface area contributed by atoms with E-state index < -0.39 is 17.8 Å². The summed E-state index contributed by atoms with van der Waals surface area (Å²) in [6.07, 6.45) is 2.64. The number of nitrogens with zero attached hydrogens (tertiary/aromatic N) is 14. The number of aromatic nitrogens is 10. The Hall–Kier alpha value is -6.67. The average Bonchev–Trinajstić information content (AvgIpc) is 3.73. The van der Waals surface area contributed by atoms with Crippen molar-refractivity contribution in [2.45, 2.75) is 13.8 Å². The Morgan fingerprint density at radius 2 is 1.31 bits per heavy atom. The Kier molecular flexibility index (Phi) is 7.65. The number of carbonyl (C=O) groups is 3. The fourth-order valence-electron chi connectivity index (χ4n) is 4.08. The van der Waals surface area contributed by atoms with E-state index >= 15 is 0 Å². The van der Waals surface area contributed by atoms with E-state index in [0.717, 1.165) is 0 Å². The van der Waals surface area contributed by atoms with Crippen LogP contribution < -0.4 is 11.5 Å². The lowest BCUT2D eigenvalue weighted by atomic mass is 10.2. The van der Waals surface area contributed by atoms with Crippen LogP contribution >= 0.6 is 0 Å². The van der Waals surface area contributed by atoms with Gasteiger partial charge in [-0.2, -0.15) is 39.7 Å². The van der Waals surface area contributed by atoms with Gasteiger partial charge in [0.05, 0.1) is 36.5 Å². The minimum absolute atomic E-state index is 0.00181. The number of hydrogen-bond donors (Lipinski definition) is 3. The van der Waals surface area contributed by atoms with Crippen molar-refractivity contribution in [2.75, 3.05) is 18.6 Å². The summed E-state index contributed by atoms with van der Waals surface area (Å²) in [6.45, 7) is 3.22. The number of aryl methyl sites for hydroxylation is 4. The molecule has 0 saturated heterocycles. The SMILES string of the molecule is COC(=O)c1cnn(C)c1/N=N/c1c(C)nn(-c2cc(-n3nc(C)c(/N=N/c4c(C(=O)C=O)cnn4C)c3N)nc(O)n2)c1N. The van der Waals surface area contributed by atoms with E-state index in [1.54, 1.807) is 20.9 Å². The minimum atomic E-state index is -0.817. The lowest BCUT2D eigenvalue weighted by molar-refractivity contribution is -0.104. The zero-order chi connectivity index (χ0) is 32.6. The summed E-state index contributed by atoms with van der Waals surface area (Å²) in [5.74, 6) is -1.29. The lowest BCUT2D eigenvalue weighted by Crippen LogP contribution is -2.09. The summed E-state index contributed by atoms with van der Waals surface area (Å²) in [6, 6.07) is 0.740. The van der Waals surface area contributed by atoms with Gasteiger partial charge in [0.25, 0.3) is 0 Å². The number of ketones is 1. The van der Waals surface area contributed by atoms with Crippen LogP contribution in [0.4, 0.5) is 34.6 Å². The molecule has 0 aliphatic carbocycles. The van der Waals surface area contributed by atoms with E-state index in [4.69, 9.17) is 16.2 Å². The molecule has 0 aromatic carbocycles. The number of anilines is 2. The van der Waals surface area contributed by atoms with E-state index in [9.17, 15) is 19.5 Å². The first-order valence-corrected chi connectivity index (χ1v) is 12.7. The van der Waals surface area contributed by atoms with Gasteiger partial charge >= 0.3 is 12.0 Å². The molecule has 0 unspecified atom stereocenters. The normalized spacial score (nSPS) is 11.6. The van der Waals surface area contributed by atoms with Crippen molar-refractivity contribution >= 4 is 52.7 Å².